The van der Waals surface area contributed by atoms with Crippen LogP contribution in [0.2, 0.25) is 5.02 Å². The highest BCUT2D eigenvalue weighted by Crippen LogP contribution is 2.21. The minimum absolute atomic E-state index is 0. The van der Waals surface area contributed by atoms with Gasteiger partial charge in [0.15, 0.2) is 0 Å². The maximum Gasteiger partial charge on any atom is 0.339 e. The van der Waals surface area contributed by atoms with Crippen LogP contribution in [0.25, 0.3) is 0 Å². The van der Waals surface area contributed by atoms with E-state index < -0.39 is 16.0 Å². The fourth-order valence-corrected chi connectivity index (χ4v) is 3.82. The van der Waals surface area contributed by atoms with Gasteiger partial charge in [0.05, 0.1) is 17.6 Å². The maximum atomic E-state index is 12.5. The molecule has 0 spiro atoms. The number of halogens is 3. The second kappa shape index (κ2) is 11.2. The Kier molecular flexibility index (Phi) is 10.9. The highest BCUT2D eigenvalue weighted by atomic mass is 35.5. The minimum Gasteiger partial charge on any atom is -0.465 e. The first-order valence-corrected chi connectivity index (χ1v) is 9.11. The molecule has 0 amide bonds. The molecule has 0 radical (unpaired) electrons. The van der Waals surface area contributed by atoms with E-state index in [1.165, 1.54) is 25.3 Å². The van der Waals surface area contributed by atoms with E-state index in [2.05, 4.69) is 19.7 Å². The largest absolute Gasteiger partial charge is 0.465 e. The van der Waals surface area contributed by atoms with Crippen molar-refractivity contribution in [2.45, 2.75) is 4.90 Å². The first kappa shape index (κ1) is 24.4. The number of rotatable bonds is 6. The predicted octanol–water partition coefficient (Wildman–Crippen LogP) is 1.15. The highest BCUT2D eigenvalue weighted by molar-refractivity contribution is 7.89. The molecule has 1 aromatic rings. The van der Waals surface area contributed by atoms with Crippen LogP contribution in [0.15, 0.2) is 23.1 Å². The number of benzene rings is 1. The third-order valence-corrected chi connectivity index (χ3v) is 5.30. The Labute approximate surface area is 165 Å². The summed E-state index contributed by atoms with van der Waals surface area (Å²) >= 11 is 5.87. The van der Waals surface area contributed by atoms with E-state index in [0.29, 0.717) is 6.54 Å². The standard InChI is InChI=1S/C14H20ClN3O4S.2ClH/c1-22-14(19)12-3-2-11(15)10-13(12)23(20,21)17-6-9-18-7-4-16-5-8-18;;/h2-3,10,16-17H,4-9H2,1H3;2*1H. The molecule has 1 saturated heterocycles. The quantitative estimate of drug-likeness (QED) is 0.653. The Bertz CT molecular complexity index is 667. The molecule has 11 heteroatoms. The van der Waals surface area contributed by atoms with Crippen LogP contribution in [-0.2, 0) is 14.8 Å². The molecule has 1 heterocycles. The monoisotopic (exact) mass is 433 g/mol. The molecule has 0 aliphatic carbocycles. The Morgan fingerprint density at radius 3 is 2.56 bits per heavy atom. The van der Waals surface area contributed by atoms with Crippen molar-refractivity contribution >= 4 is 52.4 Å². The summed E-state index contributed by atoms with van der Waals surface area (Å²) in [7, 11) is -2.65. The van der Waals surface area contributed by atoms with Gasteiger partial charge < -0.3 is 10.1 Å². The zero-order valence-electron chi connectivity index (χ0n) is 13.7. The maximum absolute atomic E-state index is 12.5. The molecule has 0 saturated carbocycles. The van der Waals surface area contributed by atoms with Crippen molar-refractivity contribution in [2.75, 3.05) is 46.4 Å². The molecule has 0 aromatic heterocycles. The number of sulfonamides is 1. The summed E-state index contributed by atoms with van der Waals surface area (Å²) in [5, 5.41) is 3.47. The molecule has 1 aromatic carbocycles. The number of hydrogen-bond acceptors (Lipinski definition) is 6. The Morgan fingerprint density at radius 1 is 1.32 bits per heavy atom. The molecule has 2 rings (SSSR count). The third-order valence-electron chi connectivity index (χ3n) is 3.57. The van der Waals surface area contributed by atoms with E-state index in [9.17, 15) is 13.2 Å². The van der Waals surface area contributed by atoms with Gasteiger partial charge in [-0.15, -0.1) is 24.8 Å². The lowest BCUT2D eigenvalue weighted by Crippen LogP contribution is -2.46. The van der Waals surface area contributed by atoms with Gasteiger partial charge >= 0.3 is 5.97 Å². The molecular formula is C14H22Cl3N3O4S. The molecule has 0 unspecified atom stereocenters. The number of esters is 1. The second-order valence-corrected chi connectivity index (χ2v) is 7.29. The lowest BCUT2D eigenvalue weighted by Gasteiger charge is -2.27. The van der Waals surface area contributed by atoms with Crippen LogP contribution < -0.4 is 10.0 Å². The molecule has 1 aliphatic rings. The fraction of sp³-hybridized carbons (Fsp3) is 0.500. The number of ether oxygens (including phenoxy) is 1. The van der Waals surface area contributed by atoms with Gasteiger partial charge in [0.2, 0.25) is 10.0 Å². The first-order valence-electron chi connectivity index (χ1n) is 7.24. The summed E-state index contributed by atoms with van der Waals surface area (Å²) in [6.07, 6.45) is 0. The van der Waals surface area contributed by atoms with E-state index in [4.69, 9.17) is 11.6 Å². The number of nitrogens with zero attached hydrogens (tertiary/aromatic N) is 1. The number of nitrogens with one attached hydrogen (secondary N) is 2. The smallest absolute Gasteiger partial charge is 0.339 e. The first-order chi connectivity index (χ1) is 10.9. The van der Waals surface area contributed by atoms with Gasteiger partial charge in [-0.05, 0) is 18.2 Å². The SMILES string of the molecule is COC(=O)c1ccc(Cl)cc1S(=O)(=O)NCCN1CCNCC1.Cl.Cl. The van der Waals surface area contributed by atoms with Gasteiger partial charge in [-0.25, -0.2) is 17.9 Å². The minimum atomic E-state index is -3.85. The van der Waals surface area contributed by atoms with Crippen LogP contribution in [-0.4, -0.2) is 65.7 Å². The Balaban J connectivity index is 0.00000288. The summed E-state index contributed by atoms with van der Waals surface area (Å²) in [6.45, 7) is 4.42. The molecule has 0 bridgehead atoms. The van der Waals surface area contributed by atoms with Crippen molar-refractivity contribution in [3.05, 3.63) is 28.8 Å². The molecule has 0 atom stereocenters. The number of hydrogen-bond donors (Lipinski definition) is 2. The topological polar surface area (TPSA) is 87.7 Å². The van der Waals surface area contributed by atoms with Crippen LogP contribution >= 0.6 is 36.4 Å². The van der Waals surface area contributed by atoms with E-state index in [-0.39, 0.29) is 46.8 Å². The number of carbonyl (C=O) groups is 1. The summed E-state index contributed by atoms with van der Waals surface area (Å²) in [5.41, 5.74) is -0.0356. The average Bonchev–Trinajstić information content (AvgIpc) is 2.55. The van der Waals surface area contributed by atoms with E-state index in [1.807, 2.05) is 0 Å². The van der Waals surface area contributed by atoms with Crippen LogP contribution in [0.5, 0.6) is 0 Å². The third kappa shape index (κ3) is 6.90. The van der Waals surface area contributed by atoms with Gasteiger partial charge in [-0.2, -0.15) is 0 Å². The van der Waals surface area contributed by atoms with Crippen molar-refractivity contribution in [1.82, 2.24) is 14.9 Å². The lowest BCUT2D eigenvalue weighted by molar-refractivity contribution is 0.0596. The lowest BCUT2D eigenvalue weighted by atomic mass is 10.2. The summed E-state index contributed by atoms with van der Waals surface area (Å²) in [4.78, 5) is 13.7. The summed E-state index contributed by atoms with van der Waals surface area (Å²) in [5.74, 6) is -0.718. The van der Waals surface area contributed by atoms with Gasteiger partial charge in [0.1, 0.15) is 0 Å². The number of carbonyl (C=O) groups excluding carboxylic acids is 1. The zero-order chi connectivity index (χ0) is 16.9. The molecule has 144 valence electrons. The van der Waals surface area contributed by atoms with Crippen LogP contribution in [0.1, 0.15) is 10.4 Å². The van der Waals surface area contributed by atoms with Crippen molar-refractivity contribution in [1.29, 1.82) is 0 Å². The van der Waals surface area contributed by atoms with E-state index in [1.54, 1.807) is 0 Å². The zero-order valence-corrected chi connectivity index (χ0v) is 16.9. The highest BCUT2D eigenvalue weighted by Gasteiger charge is 2.23. The summed E-state index contributed by atoms with van der Waals surface area (Å²) in [6, 6.07) is 4.05. The molecule has 1 fully saturated rings. The van der Waals surface area contributed by atoms with Crippen LogP contribution in [0.4, 0.5) is 0 Å². The Hall–Kier alpha value is -0.610. The van der Waals surface area contributed by atoms with E-state index >= 15 is 0 Å². The van der Waals surface area contributed by atoms with Crippen molar-refractivity contribution in [3.63, 3.8) is 0 Å². The Morgan fingerprint density at radius 2 is 1.96 bits per heavy atom. The predicted molar refractivity (Wildman–Crippen MR) is 102 cm³/mol. The van der Waals surface area contributed by atoms with Gasteiger partial charge in [-0.1, -0.05) is 11.6 Å². The number of methoxy groups -OCH3 is 1. The van der Waals surface area contributed by atoms with Crippen LogP contribution in [0.3, 0.4) is 0 Å². The summed E-state index contributed by atoms with van der Waals surface area (Å²) < 4.78 is 32.1. The van der Waals surface area contributed by atoms with Gasteiger partial charge in [-0.3, -0.25) is 4.90 Å². The normalized spacial score (nSPS) is 15.0. The van der Waals surface area contributed by atoms with Crippen molar-refractivity contribution < 1.29 is 17.9 Å². The van der Waals surface area contributed by atoms with Crippen molar-refractivity contribution in [3.8, 4) is 0 Å². The molecular weight excluding hydrogens is 413 g/mol. The van der Waals surface area contributed by atoms with Gasteiger partial charge in [0.25, 0.3) is 0 Å². The van der Waals surface area contributed by atoms with Crippen molar-refractivity contribution in [2.24, 2.45) is 0 Å². The number of piperazine rings is 1. The molecule has 7 nitrogen and oxygen atoms in total. The van der Waals surface area contributed by atoms with Gasteiger partial charge in [0, 0.05) is 44.3 Å². The van der Waals surface area contributed by atoms with Crippen LogP contribution in [0, 0.1) is 0 Å². The fourth-order valence-electron chi connectivity index (χ4n) is 2.35. The molecule has 1 aliphatic heterocycles. The average molecular weight is 435 g/mol. The molecule has 2 N–H and O–H groups in total. The second-order valence-electron chi connectivity index (χ2n) is 5.12. The van der Waals surface area contributed by atoms with E-state index in [0.717, 1.165) is 26.2 Å². The molecule has 25 heavy (non-hydrogen) atoms.